The van der Waals surface area contributed by atoms with Gasteiger partial charge in [0, 0.05) is 36.1 Å². The fourth-order valence-electron chi connectivity index (χ4n) is 2.00. The van der Waals surface area contributed by atoms with Crippen LogP contribution in [0, 0.1) is 6.92 Å². The van der Waals surface area contributed by atoms with Crippen molar-refractivity contribution < 1.29 is 0 Å². The van der Waals surface area contributed by atoms with Gasteiger partial charge in [-0.1, -0.05) is 0 Å². The molecule has 1 fully saturated rings. The number of aromatic nitrogens is 4. The molecule has 1 aliphatic rings. The summed E-state index contributed by atoms with van der Waals surface area (Å²) >= 11 is 0. The van der Waals surface area contributed by atoms with E-state index in [0.29, 0.717) is 11.9 Å². The molecule has 3 rings (SSSR count). The molecule has 0 atom stereocenters. The number of aryl methyl sites for hydroxylation is 1. The van der Waals surface area contributed by atoms with E-state index in [2.05, 4.69) is 26.4 Å². The summed E-state index contributed by atoms with van der Waals surface area (Å²) in [6.07, 6.45) is 6.34. The van der Waals surface area contributed by atoms with Gasteiger partial charge in [-0.25, -0.2) is 14.6 Å². The summed E-state index contributed by atoms with van der Waals surface area (Å²) in [6, 6.07) is 2.07. The van der Waals surface area contributed by atoms with Crippen molar-refractivity contribution in [2.24, 2.45) is 0 Å². The minimum Gasteiger partial charge on any atom is -0.316 e. The highest BCUT2D eigenvalue weighted by molar-refractivity contribution is 5.23. The largest absolute Gasteiger partial charge is 0.316 e. The van der Waals surface area contributed by atoms with Crippen LogP contribution in [0.15, 0.2) is 18.5 Å². The van der Waals surface area contributed by atoms with Crippen LogP contribution in [-0.2, 0) is 6.54 Å². The van der Waals surface area contributed by atoms with Gasteiger partial charge in [0.2, 0.25) is 0 Å². The monoisotopic (exact) mass is 243 g/mol. The highest BCUT2D eigenvalue weighted by Gasteiger charge is 2.26. The summed E-state index contributed by atoms with van der Waals surface area (Å²) in [7, 11) is 1.92. The molecule has 18 heavy (non-hydrogen) atoms. The Hall–Kier alpha value is -1.75. The Labute approximate surface area is 106 Å². The number of nitrogens with one attached hydrogen (secondary N) is 1. The first-order valence-corrected chi connectivity index (χ1v) is 6.31. The molecule has 0 spiro atoms. The Kier molecular flexibility index (Phi) is 2.83. The lowest BCUT2D eigenvalue weighted by Gasteiger charge is -2.06. The van der Waals surface area contributed by atoms with Crippen LogP contribution in [0.1, 0.15) is 35.7 Å². The smallest absolute Gasteiger partial charge is 0.250 e. The molecule has 5 heteroatoms. The maximum absolute atomic E-state index is 4.54. The van der Waals surface area contributed by atoms with E-state index in [1.807, 2.05) is 26.4 Å². The van der Waals surface area contributed by atoms with Gasteiger partial charge >= 0.3 is 0 Å². The lowest BCUT2D eigenvalue weighted by atomic mass is 10.2. The molecule has 1 saturated carbocycles. The predicted octanol–water partition coefficient (Wildman–Crippen LogP) is 1.57. The topological polar surface area (TPSA) is 55.6 Å². The van der Waals surface area contributed by atoms with Crippen molar-refractivity contribution in [3.05, 3.63) is 35.4 Å². The molecule has 1 N–H and O–H groups in total. The number of hydrogen-bond donors (Lipinski definition) is 1. The SMILES string of the molecule is CNCc1cnc(-n2ccc(C3CC3)n2)nc1C. The first-order valence-electron chi connectivity index (χ1n) is 6.31. The van der Waals surface area contributed by atoms with Crippen LogP contribution in [0.3, 0.4) is 0 Å². The minimum absolute atomic E-state index is 0.652. The minimum atomic E-state index is 0.652. The van der Waals surface area contributed by atoms with E-state index in [9.17, 15) is 0 Å². The Morgan fingerprint density at radius 2 is 2.28 bits per heavy atom. The van der Waals surface area contributed by atoms with Crippen LogP contribution >= 0.6 is 0 Å². The molecular formula is C13H17N5. The van der Waals surface area contributed by atoms with Gasteiger partial charge in [0.1, 0.15) is 0 Å². The standard InChI is InChI=1S/C13H17N5/c1-9-11(7-14-2)8-15-13(16-9)18-6-5-12(17-18)10-3-4-10/h5-6,8,10,14H,3-4,7H2,1-2H3. The van der Waals surface area contributed by atoms with Crippen molar-refractivity contribution >= 4 is 0 Å². The zero-order valence-corrected chi connectivity index (χ0v) is 10.7. The summed E-state index contributed by atoms with van der Waals surface area (Å²) in [5.41, 5.74) is 3.28. The van der Waals surface area contributed by atoms with Crippen molar-refractivity contribution in [1.82, 2.24) is 25.1 Å². The highest BCUT2D eigenvalue weighted by atomic mass is 15.3. The van der Waals surface area contributed by atoms with E-state index in [-0.39, 0.29) is 0 Å². The molecule has 0 aromatic carbocycles. The Bertz CT molecular complexity index is 556. The first-order chi connectivity index (χ1) is 8.78. The van der Waals surface area contributed by atoms with E-state index in [4.69, 9.17) is 0 Å². The first kappa shape index (κ1) is 11.3. The van der Waals surface area contributed by atoms with Gasteiger partial charge in [-0.2, -0.15) is 5.10 Å². The molecule has 0 unspecified atom stereocenters. The van der Waals surface area contributed by atoms with Gasteiger partial charge in [-0.05, 0) is 32.9 Å². The molecule has 2 heterocycles. The van der Waals surface area contributed by atoms with Crippen LogP contribution in [0.2, 0.25) is 0 Å². The molecule has 5 nitrogen and oxygen atoms in total. The predicted molar refractivity (Wildman–Crippen MR) is 68.6 cm³/mol. The molecule has 2 aromatic rings. The van der Waals surface area contributed by atoms with E-state index in [0.717, 1.165) is 23.5 Å². The van der Waals surface area contributed by atoms with Crippen LogP contribution in [0.25, 0.3) is 5.95 Å². The molecular weight excluding hydrogens is 226 g/mol. The van der Waals surface area contributed by atoms with E-state index in [1.165, 1.54) is 12.8 Å². The summed E-state index contributed by atoms with van der Waals surface area (Å²) in [5.74, 6) is 1.31. The third-order valence-corrected chi connectivity index (χ3v) is 3.25. The zero-order valence-electron chi connectivity index (χ0n) is 10.7. The summed E-state index contributed by atoms with van der Waals surface area (Å²) in [5, 5.41) is 7.64. The quantitative estimate of drug-likeness (QED) is 0.885. The lowest BCUT2D eigenvalue weighted by molar-refractivity contribution is 0.752. The van der Waals surface area contributed by atoms with Crippen LogP contribution < -0.4 is 5.32 Å². The van der Waals surface area contributed by atoms with Crippen LogP contribution in [-0.4, -0.2) is 26.8 Å². The highest BCUT2D eigenvalue weighted by Crippen LogP contribution is 2.38. The fourth-order valence-corrected chi connectivity index (χ4v) is 2.00. The van der Waals surface area contributed by atoms with Gasteiger partial charge in [-0.3, -0.25) is 0 Å². The van der Waals surface area contributed by atoms with Gasteiger partial charge in [0.15, 0.2) is 0 Å². The Morgan fingerprint density at radius 1 is 1.44 bits per heavy atom. The van der Waals surface area contributed by atoms with Crippen LogP contribution in [0.4, 0.5) is 0 Å². The molecule has 0 saturated heterocycles. The second kappa shape index (κ2) is 4.49. The van der Waals surface area contributed by atoms with Crippen molar-refractivity contribution in [3.8, 4) is 5.95 Å². The number of hydrogen-bond acceptors (Lipinski definition) is 4. The van der Waals surface area contributed by atoms with Crippen LogP contribution in [0.5, 0.6) is 0 Å². The van der Waals surface area contributed by atoms with Crippen molar-refractivity contribution in [2.75, 3.05) is 7.05 Å². The normalized spacial score (nSPS) is 15.0. The summed E-state index contributed by atoms with van der Waals surface area (Å²) in [6.45, 7) is 2.79. The molecule has 1 aliphatic carbocycles. The average Bonchev–Trinajstić information content (AvgIpc) is 3.10. The number of rotatable bonds is 4. The lowest BCUT2D eigenvalue weighted by Crippen LogP contribution is -2.10. The van der Waals surface area contributed by atoms with Gasteiger partial charge in [-0.15, -0.1) is 0 Å². The van der Waals surface area contributed by atoms with E-state index in [1.54, 1.807) is 4.68 Å². The maximum atomic E-state index is 4.54. The average molecular weight is 243 g/mol. The maximum Gasteiger partial charge on any atom is 0.250 e. The number of nitrogens with zero attached hydrogens (tertiary/aromatic N) is 4. The van der Waals surface area contributed by atoms with Crippen molar-refractivity contribution in [1.29, 1.82) is 0 Å². The molecule has 0 amide bonds. The fraction of sp³-hybridized carbons (Fsp3) is 0.462. The van der Waals surface area contributed by atoms with E-state index < -0.39 is 0 Å². The molecule has 0 aliphatic heterocycles. The summed E-state index contributed by atoms with van der Waals surface area (Å²) in [4.78, 5) is 8.88. The third-order valence-electron chi connectivity index (χ3n) is 3.25. The van der Waals surface area contributed by atoms with Gasteiger partial charge in [0.05, 0.1) is 5.69 Å². The molecule has 94 valence electrons. The van der Waals surface area contributed by atoms with E-state index >= 15 is 0 Å². The second-order valence-electron chi connectivity index (χ2n) is 4.77. The zero-order chi connectivity index (χ0) is 12.5. The molecule has 2 aromatic heterocycles. The Morgan fingerprint density at radius 3 is 2.94 bits per heavy atom. The molecule has 0 bridgehead atoms. The van der Waals surface area contributed by atoms with Gasteiger partial charge in [0.25, 0.3) is 5.95 Å². The second-order valence-corrected chi connectivity index (χ2v) is 4.77. The third kappa shape index (κ3) is 2.13. The van der Waals surface area contributed by atoms with Gasteiger partial charge < -0.3 is 5.32 Å². The van der Waals surface area contributed by atoms with Crippen molar-refractivity contribution in [3.63, 3.8) is 0 Å². The van der Waals surface area contributed by atoms with Crippen molar-refractivity contribution in [2.45, 2.75) is 32.2 Å². The Balaban J connectivity index is 1.88. The molecule has 0 radical (unpaired) electrons. The summed E-state index contributed by atoms with van der Waals surface area (Å²) < 4.78 is 1.77.